The summed E-state index contributed by atoms with van der Waals surface area (Å²) in [6.45, 7) is 2.80. The highest BCUT2D eigenvalue weighted by Gasteiger charge is 2.50. The third-order valence-corrected chi connectivity index (χ3v) is 6.29. The SMILES string of the molecule is CCC[C@H](NC(=O)C1O[C@H]1C(O)NCCc1ccc(O)cc1)C(=O)NCc1ccc2ccccc2c1. The molecule has 2 unspecified atom stereocenters. The molecule has 2 amide bonds. The summed E-state index contributed by atoms with van der Waals surface area (Å²) >= 11 is 0. The first kappa shape index (κ1) is 25.6. The molecule has 1 saturated heterocycles. The third-order valence-electron chi connectivity index (χ3n) is 6.29. The Hall–Kier alpha value is -3.46. The Morgan fingerprint density at radius 2 is 1.72 bits per heavy atom. The Balaban J connectivity index is 1.22. The Labute approximate surface area is 210 Å². The topological polar surface area (TPSA) is 123 Å². The van der Waals surface area contributed by atoms with Crippen molar-refractivity contribution in [3.05, 3.63) is 77.9 Å². The lowest BCUT2D eigenvalue weighted by Gasteiger charge is -2.18. The van der Waals surface area contributed by atoms with Gasteiger partial charge in [0.1, 0.15) is 24.1 Å². The van der Waals surface area contributed by atoms with Gasteiger partial charge >= 0.3 is 0 Å². The Morgan fingerprint density at radius 1 is 1.00 bits per heavy atom. The second-order valence-electron chi connectivity index (χ2n) is 9.09. The number of aliphatic hydroxyl groups is 1. The van der Waals surface area contributed by atoms with Gasteiger partial charge in [0.25, 0.3) is 5.91 Å². The van der Waals surface area contributed by atoms with Crippen molar-refractivity contribution < 1.29 is 24.5 Å². The zero-order valence-electron chi connectivity index (χ0n) is 20.3. The first-order valence-corrected chi connectivity index (χ1v) is 12.3. The van der Waals surface area contributed by atoms with Crippen LogP contribution in [0.2, 0.25) is 0 Å². The normalized spacial score (nSPS) is 18.4. The van der Waals surface area contributed by atoms with Crippen LogP contribution in [-0.2, 0) is 27.3 Å². The van der Waals surface area contributed by atoms with E-state index in [-0.39, 0.29) is 11.7 Å². The number of hydrogen-bond acceptors (Lipinski definition) is 6. The van der Waals surface area contributed by atoms with E-state index in [1.54, 1.807) is 12.1 Å². The molecule has 0 saturated carbocycles. The molecule has 0 aromatic heterocycles. The standard InChI is InChI=1S/C28H33N3O5/c1-2-5-23(26(33)30-17-19-8-11-20-6-3-4-7-21(20)16-19)31-28(35)25-24(36-25)27(34)29-15-14-18-9-12-22(32)13-10-18/h3-4,6-13,16,23-25,27,29,32,34H,2,5,14-15,17H2,1H3,(H,30,33)(H,31,35)/t23-,24+,25?,27?/m0/s1. The van der Waals surface area contributed by atoms with Gasteiger partial charge in [0.15, 0.2) is 6.10 Å². The van der Waals surface area contributed by atoms with E-state index in [1.807, 2.05) is 61.5 Å². The summed E-state index contributed by atoms with van der Waals surface area (Å²) in [4.78, 5) is 25.5. The van der Waals surface area contributed by atoms with Gasteiger partial charge in [0.2, 0.25) is 5.91 Å². The molecular weight excluding hydrogens is 458 g/mol. The minimum atomic E-state index is -0.996. The summed E-state index contributed by atoms with van der Waals surface area (Å²) in [7, 11) is 0. The van der Waals surface area contributed by atoms with Gasteiger partial charge in [-0.1, -0.05) is 61.9 Å². The first-order chi connectivity index (χ1) is 17.4. The van der Waals surface area contributed by atoms with Crippen LogP contribution in [0.4, 0.5) is 0 Å². The molecule has 0 radical (unpaired) electrons. The van der Waals surface area contributed by atoms with Crippen molar-refractivity contribution >= 4 is 22.6 Å². The quantitative estimate of drug-likeness (QED) is 0.196. The van der Waals surface area contributed by atoms with Crippen LogP contribution in [-0.4, -0.2) is 53.0 Å². The van der Waals surface area contributed by atoms with Crippen LogP contribution in [0.15, 0.2) is 66.7 Å². The van der Waals surface area contributed by atoms with Crippen molar-refractivity contribution in [3.63, 3.8) is 0 Å². The van der Waals surface area contributed by atoms with Crippen molar-refractivity contribution in [1.29, 1.82) is 0 Å². The van der Waals surface area contributed by atoms with E-state index in [2.05, 4.69) is 16.0 Å². The van der Waals surface area contributed by atoms with Crippen molar-refractivity contribution in [1.82, 2.24) is 16.0 Å². The number of phenols is 1. The Kier molecular flexibility index (Phi) is 8.53. The number of aromatic hydroxyl groups is 1. The molecule has 8 heteroatoms. The zero-order chi connectivity index (χ0) is 25.5. The number of rotatable bonds is 12. The fraction of sp³-hybridized carbons (Fsp3) is 0.357. The molecule has 1 aliphatic rings. The minimum Gasteiger partial charge on any atom is -0.508 e. The number of amides is 2. The van der Waals surface area contributed by atoms with Crippen LogP contribution in [0.25, 0.3) is 10.8 Å². The summed E-state index contributed by atoms with van der Waals surface area (Å²) in [5.74, 6) is -0.447. The molecule has 0 bridgehead atoms. The summed E-state index contributed by atoms with van der Waals surface area (Å²) in [5, 5.41) is 30.6. The van der Waals surface area contributed by atoms with Gasteiger partial charge in [0.05, 0.1) is 0 Å². The number of phenolic OH excluding ortho intramolecular Hbond substituents is 1. The van der Waals surface area contributed by atoms with Gasteiger partial charge in [-0.15, -0.1) is 0 Å². The molecule has 1 heterocycles. The second kappa shape index (κ2) is 12.0. The smallest absolute Gasteiger partial charge is 0.252 e. The number of nitrogens with one attached hydrogen (secondary N) is 3. The molecule has 5 N–H and O–H groups in total. The van der Waals surface area contributed by atoms with E-state index in [1.165, 1.54) is 0 Å². The predicted octanol–water partition coefficient (Wildman–Crippen LogP) is 2.36. The van der Waals surface area contributed by atoms with Crippen LogP contribution < -0.4 is 16.0 Å². The summed E-state index contributed by atoms with van der Waals surface area (Å²) < 4.78 is 5.40. The van der Waals surface area contributed by atoms with Gasteiger partial charge in [0, 0.05) is 13.1 Å². The largest absolute Gasteiger partial charge is 0.508 e. The lowest BCUT2D eigenvalue weighted by molar-refractivity contribution is -0.129. The minimum absolute atomic E-state index is 0.204. The molecule has 3 aromatic rings. The molecule has 4 rings (SSSR count). The molecular formula is C28H33N3O5. The van der Waals surface area contributed by atoms with Gasteiger partial charge in [-0.05, 0) is 52.9 Å². The molecule has 1 aliphatic heterocycles. The fourth-order valence-corrected chi connectivity index (χ4v) is 4.19. The number of ether oxygens (including phenoxy) is 1. The average Bonchev–Trinajstić information content (AvgIpc) is 3.69. The number of epoxide rings is 1. The predicted molar refractivity (Wildman–Crippen MR) is 137 cm³/mol. The van der Waals surface area contributed by atoms with E-state index in [0.29, 0.717) is 25.9 Å². The highest BCUT2D eigenvalue weighted by Crippen LogP contribution is 2.25. The van der Waals surface area contributed by atoms with E-state index in [4.69, 9.17) is 4.74 Å². The molecule has 4 atom stereocenters. The number of fused-ring (bicyclic) bond motifs is 1. The van der Waals surface area contributed by atoms with Crippen LogP contribution in [0.3, 0.4) is 0 Å². The molecule has 0 aliphatic carbocycles. The Bertz CT molecular complexity index is 1180. The molecule has 190 valence electrons. The third kappa shape index (κ3) is 6.81. The maximum atomic E-state index is 12.8. The zero-order valence-corrected chi connectivity index (χ0v) is 20.3. The van der Waals surface area contributed by atoms with E-state index < -0.39 is 30.4 Å². The lowest BCUT2D eigenvalue weighted by atomic mass is 10.1. The summed E-state index contributed by atoms with van der Waals surface area (Å²) in [6.07, 6.45) is -0.576. The molecule has 1 fully saturated rings. The highest BCUT2D eigenvalue weighted by atomic mass is 16.6. The van der Waals surface area contributed by atoms with E-state index in [0.717, 1.165) is 28.3 Å². The molecule has 3 aromatic carbocycles. The first-order valence-electron chi connectivity index (χ1n) is 12.3. The number of aliphatic hydroxyl groups excluding tert-OH is 1. The van der Waals surface area contributed by atoms with Crippen molar-refractivity contribution in [2.45, 2.75) is 57.2 Å². The van der Waals surface area contributed by atoms with Gasteiger partial charge < -0.3 is 25.6 Å². The number of benzene rings is 3. The van der Waals surface area contributed by atoms with E-state index >= 15 is 0 Å². The molecule has 8 nitrogen and oxygen atoms in total. The maximum absolute atomic E-state index is 12.8. The summed E-state index contributed by atoms with van der Waals surface area (Å²) in [6, 6.07) is 20.3. The van der Waals surface area contributed by atoms with Crippen LogP contribution in [0.5, 0.6) is 5.75 Å². The number of hydrogen-bond donors (Lipinski definition) is 5. The van der Waals surface area contributed by atoms with Gasteiger partial charge in [-0.2, -0.15) is 0 Å². The second-order valence-corrected chi connectivity index (χ2v) is 9.09. The van der Waals surface area contributed by atoms with Crippen LogP contribution in [0.1, 0.15) is 30.9 Å². The fourth-order valence-electron chi connectivity index (χ4n) is 4.19. The number of carbonyl (C=O) groups excluding carboxylic acids is 2. The lowest BCUT2D eigenvalue weighted by Crippen LogP contribution is -2.48. The van der Waals surface area contributed by atoms with Crippen molar-refractivity contribution in [2.75, 3.05) is 6.54 Å². The van der Waals surface area contributed by atoms with Gasteiger partial charge in [-0.25, -0.2) is 0 Å². The van der Waals surface area contributed by atoms with Crippen molar-refractivity contribution in [3.8, 4) is 5.75 Å². The number of carbonyl (C=O) groups is 2. The Morgan fingerprint density at radius 3 is 2.47 bits per heavy atom. The highest BCUT2D eigenvalue weighted by molar-refractivity contribution is 5.90. The van der Waals surface area contributed by atoms with Crippen molar-refractivity contribution in [2.24, 2.45) is 0 Å². The van der Waals surface area contributed by atoms with Crippen LogP contribution in [0, 0.1) is 0 Å². The van der Waals surface area contributed by atoms with Gasteiger partial charge in [-0.3, -0.25) is 14.9 Å². The average molecular weight is 492 g/mol. The van der Waals surface area contributed by atoms with E-state index in [9.17, 15) is 19.8 Å². The van der Waals surface area contributed by atoms with Crippen LogP contribution >= 0.6 is 0 Å². The summed E-state index contributed by atoms with van der Waals surface area (Å²) in [5.41, 5.74) is 1.99. The molecule has 36 heavy (non-hydrogen) atoms. The monoisotopic (exact) mass is 491 g/mol. The maximum Gasteiger partial charge on any atom is 0.252 e. The molecule has 0 spiro atoms.